The highest BCUT2D eigenvalue weighted by Crippen LogP contribution is 2.40. The molecule has 0 aromatic heterocycles. The Kier molecular flexibility index (Phi) is 6.68. The van der Waals surface area contributed by atoms with Crippen molar-refractivity contribution in [3.63, 3.8) is 0 Å². The topological polar surface area (TPSA) is 65.0 Å². The van der Waals surface area contributed by atoms with Crippen molar-refractivity contribution in [3.05, 3.63) is 78.4 Å². The van der Waals surface area contributed by atoms with Crippen LogP contribution in [-0.2, 0) is 25.6 Å². The van der Waals surface area contributed by atoms with Crippen LogP contribution in [-0.4, -0.2) is 41.9 Å². The number of carbonyl (C=O) groups is 1. The minimum Gasteiger partial charge on any atom is -0.466 e. The maximum Gasteiger partial charge on any atom is 0.353 e. The summed E-state index contributed by atoms with van der Waals surface area (Å²) in [5, 5.41) is 10.3. The lowest BCUT2D eigenvalue weighted by Crippen LogP contribution is -2.49. The first kappa shape index (κ1) is 19.6. The Morgan fingerprint density at radius 1 is 1.15 bits per heavy atom. The first-order valence-corrected chi connectivity index (χ1v) is 9.44. The fourth-order valence-electron chi connectivity index (χ4n) is 2.70. The SMILES string of the molecule is COC(=O)[C@]1(Sc2ccccc2)C=C[C@H](O)[C@@H](COCc2ccccc2)O1. The van der Waals surface area contributed by atoms with Crippen molar-refractivity contribution < 1.29 is 24.1 Å². The first-order chi connectivity index (χ1) is 13.1. The molecule has 0 saturated carbocycles. The van der Waals surface area contributed by atoms with Gasteiger partial charge in [-0.15, -0.1) is 0 Å². The summed E-state index contributed by atoms with van der Waals surface area (Å²) in [5.41, 5.74) is 1.02. The molecule has 0 fully saturated rings. The number of ether oxygens (including phenoxy) is 3. The van der Waals surface area contributed by atoms with Gasteiger partial charge in [-0.25, -0.2) is 4.79 Å². The molecule has 0 aliphatic carbocycles. The van der Waals surface area contributed by atoms with Crippen molar-refractivity contribution in [1.29, 1.82) is 0 Å². The largest absolute Gasteiger partial charge is 0.466 e. The van der Waals surface area contributed by atoms with E-state index in [0.717, 1.165) is 10.5 Å². The minimum atomic E-state index is -1.36. The Hall–Kier alpha value is -2.12. The standard InChI is InChI=1S/C21H22O5S/c1-24-20(23)21(27-17-10-6-3-7-11-17)13-12-18(22)19(26-21)15-25-14-16-8-4-2-5-9-16/h2-13,18-19,22H,14-15H2,1H3/t18-,19+,21+/m0/s1. The molecule has 1 aliphatic heterocycles. The van der Waals surface area contributed by atoms with Crippen LogP contribution in [0.15, 0.2) is 77.7 Å². The van der Waals surface area contributed by atoms with E-state index in [2.05, 4.69) is 0 Å². The van der Waals surface area contributed by atoms with Gasteiger partial charge in [-0.05, 0) is 23.8 Å². The van der Waals surface area contributed by atoms with Crippen LogP contribution < -0.4 is 0 Å². The van der Waals surface area contributed by atoms with E-state index in [1.807, 2.05) is 60.7 Å². The molecule has 5 nitrogen and oxygen atoms in total. The highest BCUT2D eigenvalue weighted by Gasteiger charge is 2.46. The average molecular weight is 386 g/mol. The van der Waals surface area contributed by atoms with Gasteiger partial charge in [0.2, 0.25) is 4.93 Å². The molecule has 6 heteroatoms. The smallest absolute Gasteiger partial charge is 0.353 e. The first-order valence-electron chi connectivity index (χ1n) is 8.62. The molecular weight excluding hydrogens is 364 g/mol. The maximum absolute atomic E-state index is 12.5. The van der Waals surface area contributed by atoms with E-state index >= 15 is 0 Å². The number of esters is 1. The van der Waals surface area contributed by atoms with Crippen molar-refractivity contribution in [2.45, 2.75) is 28.6 Å². The van der Waals surface area contributed by atoms with Gasteiger partial charge in [0.25, 0.3) is 0 Å². The van der Waals surface area contributed by atoms with Crippen molar-refractivity contribution >= 4 is 17.7 Å². The molecule has 0 saturated heterocycles. The molecule has 1 heterocycles. The van der Waals surface area contributed by atoms with Gasteiger partial charge in [0.15, 0.2) is 0 Å². The molecule has 0 spiro atoms. The van der Waals surface area contributed by atoms with Gasteiger partial charge < -0.3 is 19.3 Å². The van der Waals surface area contributed by atoms with E-state index < -0.39 is 23.1 Å². The van der Waals surface area contributed by atoms with Gasteiger partial charge in [0.05, 0.1) is 20.3 Å². The number of aliphatic hydroxyl groups excluding tert-OH is 1. The number of hydrogen-bond acceptors (Lipinski definition) is 6. The van der Waals surface area contributed by atoms with Crippen LogP contribution in [0.2, 0.25) is 0 Å². The number of methoxy groups -OCH3 is 1. The number of carbonyl (C=O) groups excluding carboxylic acids is 1. The van der Waals surface area contributed by atoms with Crippen LogP contribution in [0.3, 0.4) is 0 Å². The molecule has 0 radical (unpaired) electrons. The lowest BCUT2D eigenvalue weighted by Gasteiger charge is -2.36. The molecule has 0 bridgehead atoms. The third-order valence-electron chi connectivity index (χ3n) is 4.10. The summed E-state index contributed by atoms with van der Waals surface area (Å²) in [6.45, 7) is 0.544. The van der Waals surface area contributed by atoms with Crippen molar-refractivity contribution in [1.82, 2.24) is 0 Å². The highest BCUT2D eigenvalue weighted by atomic mass is 32.2. The molecule has 3 atom stereocenters. The van der Waals surface area contributed by atoms with Gasteiger partial charge in [-0.3, -0.25) is 0 Å². The molecule has 2 aromatic rings. The predicted molar refractivity (Wildman–Crippen MR) is 103 cm³/mol. The summed E-state index contributed by atoms with van der Waals surface area (Å²) in [6.07, 6.45) is 1.56. The quantitative estimate of drug-likeness (QED) is 0.582. The molecule has 142 valence electrons. The summed E-state index contributed by atoms with van der Waals surface area (Å²) in [6, 6.07) is 19.2. The van der Waals surface area contributed by atoms with Crippen LogP contribution in [0.4, 0.5) is 0 Å². The van der Waals surface area contributed by atoms with Crippen LogP contribution in [0.5, 0.6) is 0 Å². The highest BCUT2D eigenvalue weighted by molar-refractivity contribution is 8.01. The Bertz CT molecular complexity index is 765. The lowest BCUT2D eigenvalue weighted by atomic mass is 10.1. The molecule has 0 amide bonds. The summed E-state index contributed by atoms with van der Waals surface area (Å²) in [4.78, 5) is 12.0. The predicted octanol–water partition coefficient (Wildman–Crippen LogP) is 3.18. The molecule has 0 unspecified atom stereocenters. The van der Waals surface area contributed by atoms with E-state index in [1.54, 1.807) is 12.2 Å². The van der Waals surface area contributed by atoms with E-state index in [-0.39, 0.29) is 6.61 Å². The number of aliphatic hydroxyl groups is 1. The van der Waals surface area contributed by atoms with Gasteiger partial charge in [-0.2, -0.15) is 0 Å². The van der Waals surface area contributed by atoms with Crippen molar-refractivity contribution in [2.24, 2.45) is 0 Å². The van der Waals surface area contributed by atoms with E-state index in [9.17, 15) is 9.90 Å². The molecule has 3 rings (SSSR count). The van der Waals surface area contributed by atoms with Crippen molar-refractivity contribution in [3.8, 4) is 0 Å². The van der Waals surface area contributed by atoms with Gasteiger partial charge in [0.1, 0.15) is 12.2 Å². The second-order valence-corrected chi connectivity index (χ2v) is 7.36. The third kappa shape index (κ3) is 4.99. The van der Waals surface area contributed by atoms with Gasteiger partial charge >= 0.3 is 5.97 Å². The Morgan fingerprint density at radius 3 is 2.48 bits per heavy atom. The van der Waals surface area contributed by atoms with Crippen molar-refractivity contribution in [2.75, 3.05) is 13.7 Å². The summed E-state index contributed by atoms with van der Waals surface area (Å²) in [7, 11) is 1.32. The molecule has 2 aromatic carbocycles. The number of hydrogen-bond donors (Lipinski definition) is 1. The normalized spacial score (nSPS) is 24.5. The van der Waals surface area contributed by atoms with E-state index in [4.69, 9.17) is 14.2 Å². The molecule has 1 N–H and O–H groups in total. The Balaban J connectivity index is 1.71. The number of rotatable bonds is 7. The maximum atomic E-state index is 12.5. The zero-order valence-corrected chi connectivity index (χ0v) is 15.8. The Morgan fingerprint density at radius 2 is 1.81 bits per heavy atom. The second kappa shape index (κ2) is 9.19. The molecule has 1 aliphatic rings. The number of thioether (sulfide) groups is 1. The fourth-order valence-corrected chi connectivity index (χ4v) is 3.83. The van der Waals surface area contributed by atoms with Crippen LogP contribution in [0.25, 0.3) is 0 Å². The van der Waals surface area contributed by atoms with Crippen LogP contribution >= 0.6 is 11.8 Å². The van der Waals surface area contributed by atoms with Gasteiger partial charge in [0, 0.05) is 4.90 Å². The fraction of sp³-hybridized carbons (Fsp3) is 0.286. The molecule has 27 heavy (non-hydrogen) atoms. The minimum absolute atomic E-state index is 0.147. The Labute approximate surface area is 162 Å². The number of benzene rings is 2. The van der Waals surface area contributed by atoms with E-state index in [1.165, 1.54) is 18.9 Å². The zero-order chi connectivity index (χ0) is 19.1. The zero-order valence-electron chi connectivity index (χ0n) is 15.0. The van der Waals surface area contributed by atoms with E-state index in [0.29, 0.717) is 6.61 Å². The lowest BCUT2D eigenvalue weighted by molar-refractivity contribution is -0.167. The third-order valence-corrected chi connectivity index (χ3v) is 5.31. The summed E-state index contributed by atoms with van der Waals surface area (Å²) in [5.74, 6) is -0.535. The average Bonchev–Trinajstić information content (AvgIpc) is 2.71. The second-order valence-electron chi connectivity index (χ2n) is 6.08. The monoisotopic (exact) mass is 386 g/mol. The van der Waals surface area contributed by atoms with Crippen LogP contribution in [0, 0.1) is 0 Å². The van der Waals surface area contributed by atoms with Gasteiger partial charge in [-0.1, -0.05) is 66.4 Å². The summed E-state index contributed by atoms with van der Waals surface area (Å²) < 4.78 is 16.7. The summed E-state index contributed by atoms with van der Waals surface area (Å²) >= 11 is 1.23. The molecular formula is C21H22O5S. The van der Waals surface area contributed by atoms with Crippen LogP contribution in [0.1, 0.15) is 5.56 Å².